The zero-order valence-electron chi connectivity index (χ0n) is 7.68. The first kappa shape index (κ1) is 9.37. The van der Waals surface area contributed by atoms with Crippen molar-refractivity contribution in [3.05, 3.63) is 41.4 Å². The summed E-state index contributed by atoms with van der Waals surface area (Å²) >= 11 is 1.68. The standard InChI is InChI=1S/C11H11NOS/c13-7-6-9-3-1-4-10(12-9)11-5-2-8-14-11/h1-5,8,13H,6-7H2. The first-order chi connectivity index (χ1) is 6.90. The lowest BCUT2D eigenvalue weighted by atomic mass is 10.2. The Balaban J connectivity index is 2.31. The highest BCUT2D eigenvalue weighted by molar-refractivity contribution is 7.13. The van der Waals surface area contributed by atoms with Crippen molar-refractivity contribution in [1.82, 2.24) is 4.98 Å². The van der Waals surface area contributed by atoms with E-state index in [2.05, 4.69) is 11.1 Å². The summed E-state index contributed by atoms with van der Waals surface area (Å²) in [6.07, 6.45) is 0.624. The second kappa shape index (κ2) is 4.35. The summed E-state index contributed by atoms with van der Waals surface area (Å²) in [6, 6.07) is 9.98. The Bertz CT molecular complexity index is 397. The number of nitrogens with zero attached hydrogens (tertiary/aromatic N) is 1. The third-order valence-electron chi connectivity index (χ3n) is 1.95. The summed E-state index contributed by atoms with van der Waals surface area (Å²) in [5.41, 5.74) is 1.93. The first-order valence-corrected chi connectivity index (χ1v) is 5.39. The van der Waals surface area contributed by atoms with Crippen LogP contribution in [0.15, 0.2) is 35.7 Å². The normalized spacial score (nSPS) is 10.4. The quantitative estimate of drug-likeness (QED) is 0.834. The Kier molecular flexibility index (Phi) is 2.91. The van der Waals surface area contributed by atoms with Crippen molar-refractivity contribution >= 4 is 11.3 Å². The smallest absolute Gasteiger partial charge is 0.0804 e. The minimum Gasteiger partial charge on any atom is -0.396 e. The third-order valence-corrected chi connectivity index (χ3v) is 2.84. The highest BCUT2D eigenvalue weighted by Crippen LogP contribution is 2.22. The molecule has 2 nitrogen and oxygen atoms in total. The molecular formula is C11H11NOS. The van der Waals surface area contributed by atoms with E-state index in [4.69, 9.17) is 5.11 Å². The number of aromatic nitrogens is 1. The van der Waals surface area contributed by atoms with Gasteiger partial charge in [-0.05, 0) is 23.6 Å². The van der Waals surface area contributed by atoms with Crippen LogP contribution in [0.25, 0.3) is 10.6 Å². The average molecular weight is 205 g/mol. The monoisotopic (exact) mass is 205 g/mol. The van der Waals surface area contributed by atoms with Crippen LogP contribution in [0, 0.1) is 0 Å². The van der Waals surface area contributed by atoms with Gasteiger partial charge in [0.25, 0.3) is 0 Å². The van der Waals surface area contributed by atoms with E-state index >= 15 is 0 Å². The van der Waals surface area contributed by atoms with Crippen molar-refractivity contribution in [2.75, 3.05) is 6.61 Å². The summed E-state index contributed by atoms with van der Waals surface area (Å²) < 4.78 is 0. The van der Waals surface area contributed by atoms with Crippen molar-refractivity contribution in [2.45, 2.75) is 6.42 Å². The topological polar surface area (TPSA) is 33.1 Å². The lowest BCUT2D eigenvalue weighted by Crippen LogP contribution is -1.94. The molecule has 0 fully saturated rings. The van der Waals surface area contributed by atoms with E-state index in [0.717, 1.165) is 11.4 Å². The molecule has 72 valence electrons. The van der Waals surface area contributed by atoms with Crippen molar-refractivity contribution in [3.8, 4) is 10.6 Å². The van der Waals surface area contributed by atoms with Crippen LogP contribution in [-0.2, 0) is 6.42 Å². The molecule has 3 heteroatoms. The molecule has 2 heterocycles. The molecular weight excluding hydrogens is 194 g/mol. The molecule has 2 rings (SSSR count). The summed E-state index contributed by atoms with van der Waals surface area (Å²) in [4.78, 5) is 5.63. The molecule has 0 amide bonds. The summed E-state index contributed by atoms with van der Waals surface area (Å²) in [6.45, 7) is 0.154. The van der Waals surface area contributed by atoms with Crippen LogP contribution in [0.2, 0.25) is 0 Å². The van der Waals surface area contributed by atoms with Gasteiger partial charge in [0.2, 0.25) is 0 Å². The first-order valence-electron chi connectivity index (χ1n) is 4.51. The van der Waals surface area contributed by atoms with Crippen LogP contribution < -0.4 is 0 Å². The van der Waals surface area contributed by atoms with Crippen LogP contribution in [0.3, 0.4) is 0 Å². The number of thiophene rings is 1. The Labute approximate surface area is 86.9 Å². The molecule has 0 radical (unpaired) electrons. The maximum absolute atomic E-state index is 8.80. The van der Waals surface area contributed by atoms with Crippen LogP contribution in [0.5, 0.6) is 0 Å². The maximum Gasteiger partial charge on any atom is 0.0804 e. The average Bonchev–Trinajstić information content (AvgIpc) is 2.71. The Morgan fingerprint density at radius 3 is 2.86 bits per heavy atom. The second-order valence-electron chi connectivity index (χ2n) is 2.97. The molecule has 14 heavy (non-hydrogen) atoms. The minimum absolute atomic E-state index is 0.154. The number of aliphatic hydroxyl groups excluding tert-OH is 1. The zero-order valence-corrected chi connectivity index (χ0v) is 8.50. The van der Waals surface area contributed by atoms with E-state index in [0.29, 0.717) is 6.42 Å². The van der Waals surface area contributed by atoms with Gasteiger partial charge in [0.1, 0.15) is 0 Å². The Morgan fingerprint density at radius 2 is 2.14 bits per heavy atom. The molecule has 0 saturated carbocycles. The highest BCUT2D eigenvalue weighted by Gasteiger charge is 2.00. The van der Waals surface area contributed by atoms with E-state index in [9.17, 15) is 0 Å². The van der Waals surface area contributed by atoms with Crippen molar-refractivity contribution in [1.29, 1.82) is 0 Å². The largest absolute Gasteiger partial charge is 0.396 e. The van der Waals surface area contributed by atoms with E-state index in [-0.39, 0.29) is 6.61 Å². The summed E-state index contributed by atoms with van der Waals surface area (Å²) in [7, 11) is 0. The van der Waals surface area contributed by atoms with E-state index in [1.807, 2.05) is 29.6 Å². The van der Waals surface area contributed by atoms with Crippen molar-refractivity contribution < 1.29 is 5.11 Å². The Morgan fingerprint density at radius 1 is 1.21 bits per heavy atom. The predicted octanol–water partition coefficient (Wildman–Crippen LogP) is 2.34. The Hall–Kier alpha value is -1.19. The lowest BCUT2D eigenvalue weighted by Gasteiger charge is -2.00. The SMILES string of the molecule is OCCc1cccc(-c2cccs2)n1. The summed E-state index contributed by atoms with van der Waals surface area (Å²) in [5, 5.41) is 10.8. The van der Waals surface area contributed by atoms with Crippen molar-refractivity contribution in [3.63, 3.8) is 0 Å². The second-order valence-corrected chi connectivity index (χ2v) is 3.91. The molecule has 0 unspecified atom stereocenters. The van der Waals surface area contributed by atoms with Crippen molar-refractivity contribution in [2.24, 2.45) is 0 Å². The molecule has 1 N–H and O–H groups in total. The molecule has 0 aliphatic heterocycles. The third kappa shape index (κ3) is 2.00. The van der Waals surface area contributed by atoms with Crippen LogP contribution >= 0.6 is 11.3 Å². The number of rotatable bonds is 3. The van der Waals surface area contributed by atoms with Crippen LogP contribution in [0.4, 0.5) is 0 Å². The predicted molar refractivity (Wildman–Crippen MR) is 58.3 cm³/mol. The van der Waals surface area contributed by atoms with Gasteiger partial charge in [-0.1, -0.05) is 12.1 Å². The van der Waals surface area contributed by atoms with Gasteiger partial charge in [0, 0.05) is 18.7 Å². The molecule has 0 atom stereocenters. The van der Waals surface area contributed by atoms with E-state index in [1.165, 1.54) is 4.88 Å². The fourth-order valence-electron chi connectivity index (χ4n) is 1.29. The van der Waals surface area contributed by atoms with Gasteiger partial charge in [-0.3, -0.25) is 4.98 Å². The van der Waals surface area contributed by atoms with Gasteiger partial charge < -0.3 is 5.11 Å². The molecule has 2 aromatic heterocycles. The molecule has 0 aliphatic carbocycles. The number of hydrogen-bond donors (Lipinski definition) is 1. The lowest BCUT2D eigenvalue weighted by molar-refractivity contribution is 0.298. The fourth-order valence-corrected chi connectivity index (χ4v) is 1.99. The number of aliphatic hydroxyl groups is 1. The van der Waals surface area contributed by atoms with Gasteiger partial charge in [-0.25, -0.2) is 0 Å². The summed E-state index contributed by atoms with van der Waals surface area (Å²) in [5.74, 6) is 0. The zero-order chi connectivity index (χ0) is 9.80. The van der Waals surface area contributed by atoms with Gasteiger partial charge in [0.05, 0.1) is 10.6 Å². The van der Waals surface area contributed by atoms with Gasteiger partial charge in [0.15, 0.2) is 0 Å². The molecule has 0 spiro atoms. The number of pyridine rings is 1. The number of hydrogen-bond acceptors (Lipinski definition) is 3. The molecule has 0 aliphatic rings. The molecule has 0 aromatic carbocycles. The van der Waals surface area contributed by atoms with Gasteiger partial charge in [-0.2, -0.15) is 0 Å². The molecule has 2 aromatic rings. The maximum atomic E-state index is 8.80. The van der Waals surface area contributed by atoms with Crippen LogP contribution in [-0.4, -0.2) is 16.7 Å². The molecule has 0 saturated heterocycles. The highest BCUT2D eigenvalue weighted by atomic mass is 32.1. The van der Waals surface area contributed by atoms with E-state index in [1.54, 1.807) is 11.3 Å². The van der Waals surface area contributed by atoms with Crippen LogP contribution in [0.1, 0.15) is 5.69 Å². The fraction of sp³-hybridized carbons (Fsp3) is 0.182. The minimum atomic E-state index is 0.154. The van der Waals surface area contributed by atoms with Gasteiger partial charge >= 0.3 is 0 Å². The van der Waals surface area contributed by atoms with Gasteiger partial charge in [-0.15, -0.1) is 11.3 Å². The van der Waals surface area contributed by atoms with E-state index < -0.39 is 0 Å². The molecule has 0 bridgehead atoms.